The van der Waals surface area contributed by atoms with Crippen LogP contribution in [0, 0.1) is 6.92 Å². The summed E-state index contributed by atoms with van der Waals surface area (Å²) in [7, 11) is 0. The maximum Gasteiger partial charge on any atom is 0.142 e. The molecule has 19 heavy (non-hydrogen) atoms. The second kappa shape index (κ2) is 4.97. The number of fused-ring (bicyclic) bond motifs is 1. The predicted molar refractivity (Wildman–Crippen MR) is 81.3 cm³/mol. The van der Waals surface area contributed by atoms with Crippen LogP contribution < -0.4 is 5.32 Å². The van der Waals surface area contributed by atoms with Crippen LogP contribution in [-0.4, -0.2) is 9.97 Å². The summed E-state index contributed by atoms with van der Waals surface area (Å²) in [5, 5.41) is 4.47. The monoisotopic (exact) mass is 269 g/mol. The molecule has 2 aromatic heterocycles. The average Bonchev–Trinajstić information content (AvgIpc) is 2.85. The van der Waals surface area contributed by atoms with Gasteiger partial charge in [0.1, 0.15) is 17.0 Å². The molecule has 0 radical (unpaired) electrons. The van der Waals surface area contributed by atoms with E-state index in [9.17, 15) is 0 Å². The van der Waals surface area contributed by atoms with E-state index >= 15 is 0 Å². The van der Waals surface area contributed by atoms with Gasteiger partial charge in [0.25, 0.3) is 0 Å². The van der Waals surface area contributed by atoms with Crippen LogP contribution in [0.3, 0.4) is 0 Å². The van der Waals surface area contributed by atoms with E-state index in [0.717, 1.165) is 28.1 Å². The summed E-state index contributed by atoms with van der Waals surface area (Å²) in [5.41, 5.74) is 2.30. The minimum absolute atomic E-state index is 0.879. The topological polar surface area (TPSA) is 37.8 Å². The molecule has 4 heteroatoms. The number of nitrogens with one attached hydrogen (secondary N) is 1. The first kappa shape index (κ1) is 12.1. The number of aryl methyl sites for hydroxylation is 2. The molecular weight excluding hydrogens is 254 g/mol. The van der Waals surface area contributed by atoms with Gasteiger partial charge in [-0.25, -0.2) is 9.97 Å². The van der Waals surface area contributed by atoms with E-state index in [1.54, 1.807) is 17.7 Å². The zero-order chi connectivity index (χ0) is 13.2. The Balaban J connectivity index is 2.00. The first-order valence-corrected chi connectivity index (χ1v) is 7.15. The molecule has 96 valence electrons. The lowest BCUT2D eigenvalue weighted by molar-refractivity contribution is 1.19. The maximum atomic E-state index is 4.36. The minimum atomic E-state index is 0.879. The molecule has 0 aliphatic rings. The zero-order valence-electron chi connectivity index (χ0n) is 11.0. The van der Waals surface area contributed by atoms with Gasteiger partial charge in [-0.3, -0.25) is 0 Å². The molecule has 2 heterocycles. The molecule has 3 nitrogen and oxygen atoms in total. The van der Waals surface area contributed by atoms with E-state index in [4.69, 9.17) is 0 Å². The quantitative estimate of drug-likeness (QED) is 0.770. The lowest BCUT2D eigenvalue weighted by Crippen LogP contribution is -1.94. The molecule has 3 rings (SSSR count). The number of benzene rings is 1. The summed E-state index contributed by atoms with van der Waals surface area (Å²) in [6.07, 6.45) is 2.65. The van der Waals surface area contributed by atoms with E-state index < -0.39 is 0 Å². The Morgan fingerprint density at radius 3 is 2.68 bits per heavy atom. The van der Waals surface area contributed by atoms with Crippen molar-refractivity contribution in [1.29, 1.82) is 0 Å². The highest BCUT2D eigenvalue weighted by atomic mass is 32.1. The van der Waals surface area contributed by atoms with Crippen molar-refractivity contribution in [1.82, 2.24) is 9.97 Å². The third kappa shape index (κ3) is 2.44. The average molecular weight is 269 g/mol. The number of thiophene rings is 1. The molecule has 3 aromatic rings. The Bertz CT molecular complexity index is 701. The molecule has 0 amide bonds. The van der Waals surface area contributed by atoms with Crippen molar-refractivity contribution in [2.24, 2.45) is 0 Å². The van der Waals surface area contributed by atoms with Crippen molar-refractivity contribution < 1.29 is 0 Å². The normalized spacial score (nSPS) is 10.8. The lowest BCUT2D eigenvalue weighted by atomic mass is 10.2. The second-order valence-electron chi connectivity index (χ2n) is 4.50. The van der Waals surface area contributed by atoms with Crippen LogP contribution in [0.15, 0.2) is 36.7 Å². The van der Waals surface area contributed by atoms with Gasteiger partial charge < -0.3 is 5.32 Å². The molecule has 0 atom stereocenters. The molecule has 0 saturated heterocycles. The third-order valence-electron chi connectivity index (χ3n) is 3.04. The van der Waals surface area contributed by atoms with E-state index in [1.807, 2.05) is 0 Å². The first-order chi connectivity index (χ1) is 9.26. The molecular formula is C15H15N3S. The predicted octanol–water partition coefficient (Wildman–Crippen LogP) is 4.31. The number of anilines is 2. The Morgan fingerprint density at radius 2 is 1.95 bits per heavy atom. The van der Waals surface area contributed by atoms with Gasteiger partial charge in [0.15, 0.2) is 0 Å². The molecule has 0 aliphatic heterocycles. The Labute approximate surface area is 116 Å². The van der Waals surface area contributed by atoms with Gasteiger partial charge in [0.05, 0.1) is 5.39 Å². The minimum Gasteiger partial charge on any atom is -0.340 e. The van der Waals surface area contributed by atoms with E-state index in [1.165, 1.54) is 10.4 Å². The van der Waals surface area contributed by atoms with Crippen LogP contribution >= 0.6 is 11.3 Å². The Kier molecular flexibility index (Phi) is 3.17. The highest BCUT2D eigenvalue weighted by molar-refractivity contribution is 7.18. The number of hydrogen-bond donors (Lipinski definition) is 1. The van der Waals surface area contributed by atoms with Crippen molar-refractivity contribution >= 4 is 33.1 Å². The summed E-state index contributed by atoms with van der Waals surface area (Å²) in [6, 6.07) is 10.5. The van der Waals surface area contributed by atoms with Crippen molar-refractivity contribution in [3.63, 3.8) is 0 Å². The van der Waals surface area contributed by atoms with Gasteiger partial charge >= 0.3 is 0 Å². The number of hydrogen-bond acceptors (Lipinski definition) is 4. The summed E-state index contributed by atoms with van der Waals surface area (Å²) in [5.74, 6) is 0.879. The SMILES string of the molecule is CCc1cc2c(Nc3ccc(C)cc3)ncnc2s1. The number of rotatable bonds is 3. The summed E-state index contributed by atoms with van der Waals surface area (Å²) in [4.78, 5) is 11.1. The van der Waals surface area contributed by atoms with E-state index in [0.29, 0.717) is 0 Å². The van der Waals surface area contributed by atoms with Crippen molar-refractivity contribution in [2.75, 3.05) is 5.32 Å². The third-order valence-corrected chi connectivity index (χ3v) is 4.23. The lowest BCUT2D eigenvalue weighted by Gasteiger charge is -2.06. The number of nitrogens with zero attached hydrogens (tertiary/aromatic N) is 2. The van der Waals surface area contributed by atoms with Crippen LogP contribution in [-0.2, 0) is 6.42 Å². The smallest absolute Gasteiger partial charge is 0.142 e. The summed E-state index contributed by atoms with van der Waals surface area (Å²) < 4.78 is 0. The van der Waals surface area contributed by atoms with Crippen LogP contribution in [0.4, 0.5) is 11.5 Å². The van der Waals surface area contributed by atoms with Gasteiger partial charge in [-0.2, -0.15) is 0 Å². The highest BCUT2D eigenvalue weighted by Crippen LogP contribution is 2.30. The largest absolute Gasteiger partial charge is 0.340 e. The molecule has 0 bridgehead atoms. The Morgan fingerprint density at radius 1 is 1.16 bits per heavy atom. The molecule has 0 aliphatic carbocycles. The first-order valence-electron chi connectivity index (χ1n) is 6.33. The van der Waals surface area contributed by atoms with Crippen LogP contribution in [0.25, 0.3) is 10.2 Å². The van der Waals surface area contributed by atoms with E-state index in [-0.39, 0.29) is 0 Å². The molecule has 1 N–H and O–H groups in total. The van der Waals surface area contributed by atoms with Gasteiger partial charge in [-0.1, -0.05) is 24.6 Å². The molecule has 1 aromatic carbocycles. The van der Waals surface area contributed by atoms with Crippen LogP contribution in [0.2, 0.25) is 0 Å². The van der Waals surface area contributed by atoms with Crippen molar-refractivity contribution in [3.05, 3.63) is 47.1 Å². The van der Waals surface area contributed by atoms with Crippen LogP contribution in [0.1, 0.15) is 17.4 Å². The summed E-state index contributed by atoms with van der Waals surface area (Å²) in [6.45, 7) is 4.24. The van der Waals surface area contributed by atoms with Gasteiger partial charge in [-0.15, -0.1) is 11.3 Å². The van der Waals surface area contributed by atoms with E-state index in [2.05, 4.69) is 59.5 Å². The fourth-order valence-corrected chi connectivity index (χ4v) is 2.89. The fourth-order valence-electron chi connectivity index (χ4n) is 1.95. The zero-order valence-corrected chi connectivity index (χ0v) is 11.8. The van der Waals surface area contributed by atoms with Gasteiger partial charge in [0, 0.05) is 10.6 Å². The maximum absolute atomic E-state index is 4.36. The van der Waals surface area contributed by atoms with Crippen molar-refractivity contribution in [3.8, 4) is 0 Å². The van der Waals surface area contributed by atoms with Gasteiger partial charge in [-0.05, 0) is 31.5 Å². The second-order valence-corrected chi connectivity index (χ2v) is 5.61. The standard InChI is InChI=1S/C15H15N3S/c1-3-12-8-13-14(16-9-17-15(13)19-12)18-11-6-4-10(2)5-7-11/h4-9H,3H2,1-2H3,(H,16,17,18). The molecule has 0 unspecified atom stereocenters. The molecule has 0 spiro atoms. The van der Waals surface area contributed by atoms with Gasteiger partial charge in [0.2, 0.25) is 0 Å². The Hall–Kier alpha value is -1.94. The fraction of sp³-hybridized carbons (Fsp3) is 0.200. The van der Waals surface area contributed by atoms with Crippen LogP contribution in [0.5, 0.6) is 0 Å². The highest BCUT2D eigenvalue weighted by Gasteiger charge is 2.07. The number of aromatic nitrogens is 2. The molecule has 0 saturated carbocycles. The van der Waals surface area contributed by atoms with Crippen molar-refractivity contribution in [2.45, 2.75) is 20.3 Å². The molecule has 0 fully saturated rings. The summed E-state index contributed by atoms with van der Waals surface area (Å²) >= 11 is 1.73.